The average Bonchev–Trinajstić information content (AvgIpc) is 2.90. The van der Waals surface area contributed by atoms with Gasteiger partial charge in [-0.1, -0.05) is 6.07 Å². The van der Waals surface area contributed by atoms with Crippen LogP contribution in [0, 0.1) is 0 Å². The van der Waals surface area contributed by atoms with Gasteiger partial charge in [0.1, 0.15) is 12.4 Å². The van der Waals surface area contributed by atoms with Crippen LogP contribution in [0.5, 0.6) is 5.75 Å². The molecule has 2 aromatic rings. The fourth-order valence-corrected chi connectivity index (χ4v) is 2.86. The lowest BCUT2D eigenvalue weighted by atomic mass is 9.87. The maximum Gasteiger partial charge on any atom is 0.132 e. The number of hydrogen-bond acceptors (Lipinski definition) is 3. The van der Waals surface area contributed by atoms with Crippen molar-refractivity contribution in [1.82, 2.24) is 15.1 Å². The SMILES string of the molecule is CNC1CCCc2ccc(OCc3ccn(C)n3)cc21. The van der Waals surface area contributed by atoms with Gasteiger partial charge in [0.05, 0.1) is 5.69 Å². The van der Waals surface area contributed by atoms with E-state index >= 15 is 0 Å². The molecule has 20 heavy (non-hydrogen) atoms. The topological polar surface area (TPSA) is 39.1 Å². The highest BCUT2D eigenvalue weighted by atomic mass is 16.5. The minimum Gasteiger partial charge on any atom is -0.487 e. The van der Waals surface area contributed by atoms with Gasteiger partial charge in [0.2, 0.25) is 0 Å². The van der Waals surface area contributed by atoms with Crippen molar-refractivity contribution in [3.8, 4) is 5.75 Å². The lowest BCUT2D eigenvalue weighted by Gasteiger charge is -2.25. The molecule has 4 heteroatoms. The van der Waals surface area contributed by atoms with Gasteiger partial charge in [-0.05, 0) is 55.6 Å². The molecule has 0 aliphatic heterocycles. The normalized spacial score (nSPS) is 17.8. The lowest BCUT2D eigenvalue weighted by Crippen LogP contribution is -2.21. The number of nitrogens with zero attached hydrogens (tertiary/aromatic N) is 2. The summed E-state index contributed by atoms with van der Waals surface area (Å²) in [5, 5.41) is 7.72. The highest BCUT2D eigenvalue weighted by molar-refractivity contribution is 5.39. The molecule has 1 aromatic heterocycles. The summed E-state index contributed by atoms with van der Waals surface area (Å²) in [5.41, 5.74) is 3.79. The van der Waals surface area contributed by atoms with Crippen molar-refractivity contribution in [1.29, 1.82) is 0 Å². The third kappa shape index (κ3) is 2.70. The van der Waals surface area contributed by atoms with Crippen LogP contribution in [0.2, 0.25) is 0 Å². The first-order valence-electron chi connectivity index (χ1n) is 7.17. The largest absolute Gasteiger partial charge is 0.487 e. The molecule has 1 N–H and O–H groups in total. The van der Waals surface area contributed by atoms with Crippen molar-refractivity contribution in [2.75, 3.05) is 7.05 Å². The van der Waals surface area contributed by atoms with Crippen LogP contribution in [0.3, 0.4) is 0 Å². The average molecular weight is 271 g/mol. The molecule has 0 spiro atoms. The van der Waals surface area contributed by atoms with Gasteiger partial charge >= 0.3 is 0 Å². The third-order valence-corrected chi connectivity index (χ3v) is 3.94. The number of rotatable bonds is 4. The van der Waals surface area contributed by atoms with Crippen molar-refractivity contribution in [3.63, 3.8) is 0 Å². The van der Waals surface area contributed by atoms with E-state index in [1.807, 2.05) is 26.4 Å². The molecule has 1 atom stereocenters. The Balaban J connectivity index is 1.74. The van der Waals surface area contributed by atoms with Gasteiger partial charge in [-0.2, -0.15) is 5.10 Å². The second-order valence-corrected chi connectivity index (χ2v) is 5.36. The van der Waals surface area contributed by atoms with E-state index in [2.05, 4.69) is 28.6 Å². The second kappa shape index (κ2) is 5.67. The van der Waals surface area contributed by atoms with E-state index in [1.165, 1.54) is 30.4 Å². The Morgan fingerprint density at radius 3 is 3.05 bits per heavy atom. The van der Waals surface area contributed by atoms with E-state index in [0.29, 0.717) is 12.6 Å². The van der Waals surface area contributed by atoms with Crippen LogP contribution in [-0.4, -0.2) is 16.8 Å². The highest BCUT2D eigenvalue weighted by Gasteiger charge is 2.19. The summed E-state index contributed by atoms with van der Waals surface area (Å²) in [4.78, 5) is 0. The Kier molecular flexibility index (Phi) is 3.74. The molecule has 3 rings (SSSR count). The quantitative estimate of drug-likeness (QED) is 0.929. The summed E-state index contributed by atoms with van der Waals surface area (Å²) in [5.74, 6) is 0.927. The fraction of sp³-hybridized carbons (Fsp3) is 0.438. The Bertz CT molecular complexity index is 591. The van der Waals surface area contributed by atoms with Crippen LogP contribution >= 0.6 is 0 Å². The molecule has 0 amide bonds. The van der Waals surface area contributed by atoms with Crippen molar-refractivity contribution >= 4 is 0 Å². The molecule has 0 radical (unpaired) electrons. The standard InChI is InChI=1S/C16H21N3O/c1-17-16-5-3-4-12-6-7-14(10-15(12)16)20-11-13-8-9-19(2)18-13/h6-10,16-17H,3-5,11H2,1-2H3. The van der Waals surface area contributed by atoms with Gasteiger partial charge in [-0.15, -0.1) is 0 Å². The first-order chi connectivity index (χ1) is 9.76. The molecular weight excluding hydrogens is 250 g/mol. The lowest BCUT2D eigenvalue weighted by molar-refractivity contribution is 0.299. The van der Waals surface area contributed by atoms with Crippen LogP contribution in [0.15, 0.2) is 30.5 Å². The van der Waals surface area contributed by atoms with E-state index in [9.17, 15) is 0 Å². The molecule has 1 aliphatic carbocycles. The molecule has 0 saturated carbocycles. The van der Waals surface area contributed by atoms with E-state index in [-0.39, 0.29) is 0 Å². The van der Waals surface area contributed by atoms with Crippen LogP contribution in [0.1, 0.15) is 35.7 Å². The summed E-state index contributed by atoms with van der Waals surface area (Å²) in [6, 6.07) is 8.89. The van der Waals surface area contributed by atoms with Crippen LogP contribution in [0.25, 0.3) is 0 Å². The minimum absolute atomic E-state index is 0.456. The molecule has 1 aliphatic rings. The number of ether oxygens (including phenoxy) is 1. The predicted octanol–water partition coefficient (Wildman–Crippen LogP) is 2.60. The number of aromatic nitrogens is 2. The third-order valence-electron chi connectivity index (χ3n) is 3.94. The van der Waals surface area contributed by atoms with Gasteiger partial charge in [-0.3, -0.25) is 4.68 Å². The first-order valence-corrected chi connectivity index (χ1v) is 7.17. The van der Waals surface area contributed by atoms with Gasteiger partial charge in [-0.25, -0.2) is 0 Å². The summed E-state index contributed by atoms with van der Waals surface area (Å²) in [7, 11) is 3.95. The summed E-state index contributed by atoms with van der Waals surface area (Å²) < 4.78 is 7.65. The van der Waals surface area contributed by atoms with E-state index < -0.39 is 0 Å². The molecule has 1 heterocycles. The molecule has 106 valence electrons. The second-order valence-electron chi connectivity index (χ2n) is 5.36. The number of fused-ring (bicyclic) bond motifs is 1. The maximum absolute atomic E-state index is 5.86. The highest BCUT2D eigenvalue weighted by Crippen LogP contribution is 2.32. The zero-order valence-corrected chi connectivity index (χ0v) is 12.1. The Labute approximate surface area is 119 Å². The first kappa shape index (κ1) is 13.2. The Hall–Kier alpha value is -1.81. The monoisotopic (exact) mass is 271 g/mol. The minimum atomic E-state index is 0.456. The number of hydrogen-bond donors (Lipinski definition) is 1. The van der Waals surface area contributed by atoms with Crippen molar-refractivity contribution < 1.29 is 4.74 Å². The zero-order valence-electron chi connectivity index (χ0n) is 12.1. The molecule has 0 saturated heterocycles. The number of benzene rings is 1. The van der Waals surface area contributed by atoms with Gasteiger partial charge in [0.15, 0.2) is 0 Å². The molecular formula is C16H21N3O. The van der Waals surface area contributed by atoms with Crippen LogP contribution in [0.4, 0.5) is 0 Å². The van der Waals surface area contributed by atoms with Crippen LogP contribution in [-0.2, 0) is 20.1 Å². The molecule has 0 bridgehead atoms. The van der Waals surface area contributed by atoms with Gasteiger partial charge in [0.25, 0.3) is 0 Å². The van der Waals surface area contributed by atoms with Gasteiger partial charge < -0.3 is 10.1 Å². The van der Waals surface area contributed by atoms with Gasteiger partial charge in [0, 0.05) is 19.3 Å². The van der Waals surface area contributed by atoms with Crippen molar-refractivity contribution in [2.24, 2.45) is 7.05 Å². The summed E-state index contributed by atoms with van der Waals surface area (Å²) in [6.07, 6.45) is 5.57. The molecule has 0 fully saturated rings. The van der Waals surface area contributed by atoms with Crippen LogP contribution < -0.4 is 10.1 Å². The molecule has 1 unspecified atom stereocenters. The zero-order chi connectivity index (χ0) is 13.9. The summed E-state index contributed by atoms with van der Waals surface area (Å²) >= 11 is 0. The summed E-state index contributed by atoms with van der Waals surface area (Å²) in [6.45, 7) is 0.518. The number of nitrogens with one attached hydrogen (secondary N) is 1. The predicted molar refractivity (Wildman–Crippen MR) is 78.7 cm³/mol. The Morgan fingerprint density at radius 1 is 1.40 bits per heavy atom. The van der Waals surface area contributed by atoms with E-state index in [0.717, 1.165) is 11.4 Å². The molecule has 1 aromatic carbocycles. The van der Waals surface area contributed by atoms with Crippen molar-refractivity contribution in [2.45, 2.75) is 31.9 Å². The number of aryl methyl sites for hydroxylation is 2. The fourth-order valence-electron chi connectivity index (χ4n) is 2.86. The van der Waals surface area contributed by atoms with E-state index in [4.69, 9.17) is 4.74 Å². The van der Waals surface area contributed by atoms with Crippen molar-refractivity contribution in [3.05, 3.63) is 47.3 Å². The maximum atomic E-state index is 5.86. The smallest absolute Gasteiger partial charge is 0.132 e. The molecule has 4 nitrogen and oxygen atoms in total. The Morgan fingerprint density at radius 2 is 2.30 bits per heavy atom. The van der Waals surface area contributed by atoms with E-state index in [1.54, 1.807) is 4.68 Å².